The first-order chi connectivity index (χ1) is 11.0. The van der Waals surface area contributed by atoms with Gasteiger partial charge in [-0.3, -0.25) is 0 Å². The van der Waals surface area contributed by atoms with Crippen molar-refractivity contribution in [3.8, 4) is 0 Å². The average molecular weight is 350 g/mol. The molecule has 1 fully saturated rings. The molecular formula is C18H20ClNO2S. The van der Waals surface area contributed by atoms with Crippen molar-refractivity contribution < 1.29 is 8.42 Å². The molecule has 0 aromatic heterocycles. The lowest BCUT2D eigenvalue weighted by Crippen LogP contribution is -2.30. The quantitative estimate of drug-likeness (QED) is 0.818. The molecule has 0 radical (unpaired) electrons. The Kier molecular flexibility index (Phi) is 4.76. The number of aryl methyl sites for hydroxylation is 1. The van der Waals surface area contributed by atoms with Crippen LogP contribution in [0.5, 0.6) is 0 Å². The number of nitrogens with zero attached hydrogens (tertiary/aromatic N) is 1. The summed E-state index contributed by atoms with van der Waals surface area (Å²) in [7, 11) is -3.50. The summed E-state index contributed by atoms with van der Waals surface area (Å²) >= 11 is 6.28. The fourth-order valence-corrected chi connectivity index (χ4v) is 5.05. The first kappa shape index (κ1) is 16.5. The van der Waals surface area contributed by atoms with Crippen LogP contribution in [0.2, 0.25) is 5.02 Å². The Labute approximate surface area is 142 Å². The van der Waals surface area contributed by atoms with Gasteiger partial charge in [-0.05, 0) is 48.6 Å². The summed E-state index contributed by atoms with van der Waals surface area (Å²) in [6.45, 7) is 2.59. The molecule has 0 bridgehead atoms. The molecule has 3 nitrogen and oxygen atoms in total. The molecule has 23 heavy (non-hydrogen) atoms. The number of rotatable bonds is 4. The van der Waals surface area contributed by atoms with E-state index < -0.39 is 10.0 Å². The van der Waals surface area contributed by atoms with Crippen molar-refractivity contribution in [3.05, 3.63) is 64.7 Å². The number of hydrogen-bond acceptors (Lipinski definition) is 2. The molecule has 0 N–H and O–H groups in total. The van der Waals surface area contributed by atoms with Gasteiger partial charge in [-0.25, -0.2) is 8.42 Å². The van der Waals surface area contributed by atoms with Gasteiger partial charge in [0.1, 0.15) is 0 Å². The SMILES string of the molecule is CCc1ccc(S(=O)(=O)N2CCC[C@@H]2c2ccccc2Cl)cc1. The van der Waals surface area contributed by atoms with Gasteiger partial charge in [-0.15, -0.1) is 0 Å². The number of benzene rings is 2. The molecular weight excluding hydrogens is 330 g/mol. The van der Waals surface area contributed by atoms with Crippen LogP contribution in [0.25, 0.3) is 0 Å². The van der Waals surface area contributed by atoms with Gasteiger partial charge >= 0.3 is 0 Å². The Morgan fingerprint density at radius 1 is 1.13 bits per heavy atom. The standard InChI is InChI=1S/C18H20ClNO2S/c1-2-14-9-11-15(12-10-14)23(21,22)20-13-5-8-18(20)16-6-3-4-7-17(16)19/h3-4,6-7,9-12,18H,2,5,8,13H2,1H3/t18-/m1/s1. The number of sulfonamides is 1. The van der Waals surface area contributed by atoms with Gasteiger partial charge in [0, 0.05) is 11.6 Å². The molecule has 2 aromatic carbocycles. The summed E-state index contributed by atoms with van der Waals surface area (Å²) < 4.78 is 27.6. The molecule has 1 aliphatic heterocycles. The van der Waals surface area contributed by atoms with E-state index in [4.69, 9.17) is 11.6 Å². The van der Waals surface area contributed by atoms with E-state index in [9.17, 15) is 8.42 Å². The van der Waals surface area contributed by atoms with Gasteiger partial charge in [0.25, 0.3) is 0 Å². The Hall–Kier alpha value is -1.36. The van der Waals surface area contributed by atoms with Crippen molar-refractivity contribution in [2.24, 2.45) is 0 Å². The van der Waals surface area contributed by atoms with Gasteiger partial charge < -0.3 is 0 Å². The molecule has 1 saturated heterocycles. The minimum absolute atomic E-state index is 0.181. The van der Waals surface area contributed by atoms with E-state index >= 15 is 0 Å². The topological polar surface area (TPSA) is 37.4 Å². The van der Waals surface area contributed by atoms with Crippen LogP contribution in [0.1, 0.15) is 36.9 Å². The van der Waals surface area contributed by atoms with Crippen LogP contribution >= 0.6 is 11.6 Å². The van der Waals surface area contributed by atoms with Crippen LogP contribution in [0.3, 0.4) is 0 Å². The summed E-state index contributed by atoms with van der Waals surface area (Å²) in [5, 5.41) is 0.626. The molecule has 0 unspecified atom stereocenters. The molecule has 1 atom stereocenters. The van der Waals surface area contributed by atoms with Crippen molar-refractivity contribution in [2.45, 2.75) is 37.1 Å². The molecule has 122 valence electrons. The number of hydrogen-bond donors (Lipinski definition) is 0. The third kappa shape index (κ3) is 3.16. The van der Waals surface area contributed by atoms with Gasteiger partial charge in [-0.1, -0.05) is 48.9 Å². The van der Waals surface area contributed by atoms with Crippen molar-refractivity contribution in [2.75, 3.05) is 6.54 Å². The van der Waals surface area contributed by atoms with E-state index in [1.807, 2.05) is 36.4 Å². The highest BCUT2D eigenvalue weighted by Crippen LogP contribution is 2.39. The highest BCUT2D eigenvalue weighted by atomic mass is 35.5. The van der Waals surface area contributed by atoms with E-state index in [1.54, 1.807) is 16.4 Å². The van der Waals surface area contributed by atoms with Crippen LogP contribution in [0.4, 0.5) is 0 Å². The molecule has 0 saturated carbocycles. The average Bonchev–Trinajstić information content (AvgIpc) is 3.05. The maximum atomic E-state index is 13.0. The van der Waals surface area contributed by atoms with E-state index in [0.717, 1.165) is 30.4 Å². The highest BCUT2D eigenvalue weighted by Gasteiger charge is 2.36. The largest absolute Gasteiger partial charge is 0.243 e. The molecule has 1 aliphatic rings. The van der Waals surface area contributed by atoms with E-state index in [1.165, 1.54) is 0 Å². The Morgan fingerprint density at radius 2 is 1.83 bits per heavy atom. The molecule has 2 aromatic rings. The number of halogens is 1. The second-order valence-corrected chi connectivity index (χ2v) is 8.09. The Morgan fingerprint density at radius 3 is 2.48 bits per heavy atom. The molecule has 0 aliphatic carbocycles. The maximum absolute atomic E-state index is 13.0. The summed E-state index contributed by atoms with van der Waals surface area (Å²) in [5.41, 5.74) is 2.02. The zero-order valence-corrected chi connectivity index (χ0v) is 14.6. The van der Waals surface area contributed by atoms with Gasteiger partial charge in [0.15, 0.2) is 0 Å². The zero-order chi connectivity index (χ0) is 16.4. The zero-order valence-electron chi connectivity index (χ0n) is 13.1. The minimum Gasteiger partial charge on any atom is -0.207 e. The molecule has 0 spiro atoms. The second-order valence-electron chi connectivity index (χ2n) is 5.79. The lowest BCUT2D eigenvalue weighted by Gasteiger charge is -2.25. The summed E-state index contributed by atoms with van der Waals surface area (Å²) in [6, 6.07) is 14.5. The summed E-state index contributed by atoms with van der Waals surface area (Å²) in [6.07, 6.45) is 2.55. The van der Waals surface area contributed by atoms with Gasteiger partial charge in [0.2, 0.25) is 10.0 Å². The lowest BCUT2D eigenvalue weighted by atomic mass is 10.1. The second kappa shape index (κ2) is 6.63. The predicted molar refractivity (Wildman–Crippen MR) is 93.1 cm³/mol. The van der Waals surface area contributed by atoms with Crippen molar-refractivity contribution in [1.29, 1.82) is 0 Å². The summed E-state index contributed by atoms with van der Waals surface area (Å²) in [5.74, 6) is 0. The van der Waals surface area contributed by atoms with Crippen LogP contribution in [0, 0.1) is 0 Å². The van der Waals surface area contributed by atoms with Crippen LogP contribution in [-0.4, -0.2) is 19.3 Å². The summed E-state index contributed by atoms with van der Waals surface area (Å²) in [4.78, 5) is 0.355. The van der Waals surface area contributed by atoms with E-state index in [0.29, 0.717) is 16.5 Å². The molecule has 3 rings (SSSR count). The van der Waals surface area contributed by atoms with Crippen LogP contribution in [0.15, 0.2) is 53.4 Å². The van der Waals surface area contributed by atoms with E-state index in [2.05, 4.69) is 6.92 Å². The first-order valence-corrected chi connectivity index (χ1v) is 9.71. The lowest BCUT2D eigenvalue weighted by molar-refractivity contribution is 0.397. The minimum atomic E-state index is -3.50. The molecule has 1 heterocycles. The van der Waals surface area contributed by atoms with Crippen LogP contribution < -0.4 is 0 Å². The fourth-order valence-electron chi connectivity index (χ4n) is 3.12. The highest BCUT2D eigenvalue weighted by molar-refractivity contribution is 7.89. The van der Waals surface area contributed by atoms with Crippen molar-refractivity contribution >= 4 is 21.6 Å². The smallest absolute Gasteiger partial charge is 0.207 e. The third-order valence-electron chi connectivity index (χ3n) is 4.41. The first-order valence-electron chi connectivity index (χ1n) is 7.89. The van der Waals surface area contributed by atoms with Crippen molar-refractivity contribution in [3.63, 3.8) is 0 Å². The Bertz CT molecular complexity index is 787. The normalized spacial score (nSPS) is 19.1. The monoisotopic (exact) mass is 349 g/mol. The molecule has 5 heteroatoms. The fraction of sp³-hybridized carbons (Fsp3) is 0.333. The third-order valence-corrected chi connectivity index (χ3v) is 6.67. The predicted octanol–water partition coefficient (Wildman–Crippen LogP) is 4.43. The van der Waals surface area contributed by atoms with Crippen LogP contribution in [-0.2, 0) is 16.4 Å². The van der Waals surface area contributed by atoms with Gasteiger partial charge in [-0.2, -0.15) is 4.31 Å². The van der Waals surface area contributed by atoms with Gasteiger partial charge in [0.05, 0.1) is 10.9 Å². The van der Waals surface area contributed by atoms with E-state index in [-0.39, 0.29) is 6.04 Å². The Balaban J connectivity index is 1.96. The maximum Gasteiger partial charge on any atom is 0.243 e. The van der Waals surface area contributed by atoms with Crippen molar-refractivity contribution in [1.82, 2.24) is 4.31 Å². The molecule has 0 amide bonds.